The lowest BCUT2D eigenvalue weighted by Gasteiger charge is -2.15. The molecule has 3 heterocycles. The average molecular weight is 438 g/mol. The monoisotopic (exact) mass is 437 g/mol. The Hall–Kier alpha value is -1.81. The molecule has 148 valence electrons. The summed E-state index contributed by atoms with van der Waals surface area (Å²) in [6, 6.07) is 5.37. The van der Waals surface area contributed by atoms with Gasteiger partial charge in [0.25, 0.3) is 11.8 Å². The molecule has 3 aromatic rings. The summed E-state index contributed by atoms with van der Waals surface area (Å²) in [6.07, 6.45) is 0. The van der Waals surface area contributed by atoms with Crippen molar-refractivity contribution in [3.05, 3.63) is 34.8 Å². The van der Waals surface area contributed by atoms with E-state index in [4.69, 9.17) is 5.73 Å². The number of carbonyl (C=O) groups is 1. The first-order valence-corrected chi connectivity index (χ1v) is 8.44. The number of alkyl halides is 2. The smallest absolute Gasteiger partial charge is 0.277 e. The Morgan fingerprint density at radius 2 is 2.11 bits per heavy atom. The predicted molar refractivity (Wildman–Crippen MR) is 107 cm³/mol. The van der Waals surface area contributed by atoms with Crippen LogP contribution < -0.4 is 11.1 Å². The Bertz CT molecular complexity index is 931. The van der Waals surface area contributed by atoms with E-state index in [9.17, 15) is 13.6 Å². The summed E-state index contributed by atoms with van der Waals surface area (Å²) < 4.78 is 28.3. The summed E-state index contributed by atoms with van der Waals surface area (Å²) in [5.41, 5.74) is 7.02. The Balaban J connectivity index is 0.00000182. The second-order valence-electron chi connectivity index (χ2n) is 5.68. The number of fused-ring (bicyclic) bond motifs is 1. The van der Waals surface area contributed by atoms with Crippen molar-refractivity contribution in [3.8, 4) is 10.6 Å². The number of nitrogens with one attached hydrogen (secondary N) is 1. The first-order valence-electron chi connectivity index (χ1n) is 7.57. The van der Waals surface area contributed by atoms with Gasteiger partial charge in [0.1, 0.15) is 0 Å². The molecule has 3 aromatic heterocycles. The van der Waals surface area contributed by atoms with E-state index >= 15 is 0 Å². The van der Waals surface area contributed by atoms with E-state index in [1.54, 1.807) is 24.7 Å². The number of aryl methyl sites for hydroxylation is 2. The quantitative estimate of drug-likeness (QED) is 0.641. The molecular weight excluding hydrogens is 419 g/mol. The first kappa shape index (κ1) is 23.2. The van der Waals surface area contributed by atoms with Crippen molar-refractivity contribution in [2.24, 2.45) is 12.8 Å². The molecule has 0 aliphatic carbocycles. The van der Waals surface area contributed by atoms with Gasteiger partial charge in [-0.3, -0.25) is 9.48 Å². The van der Waals surface area contributed by atoms with Crippen molar-refractivity contribution in [1.29, 1.82) is 0 Å². The number of amides is 1. The van der Waals surface area contributed by atoms with E-state index in [1.807, 2.05) is 17.5 Å². The average Bonchev–Trinajstić information content (AvgIpc) is 3.21. The third kappa shape index (κ3) is 4.73. The molecule has 0 saturated carbocycles. The molecule has 3 N–H and O–H groups in total. The Morgan fingerprint density at radius 3 is 2.70 bits per heavy atom. The molecule has 0 aliphatic rings. The van der Waals surface area contributed by atoms with Crippen LogP contribution in [0.25, 0.3) is 21.6 Å². The maximum absolute atomic E-state index is 13.4. The normalized spacial score (nSPS) is 11.0. The number of thiophene rings is 1. The molecular formula is C16H19Cl2F2N5OS. The minimum absolute atomic E-state index is 0. The van der Waals surface area contributed by atoms with Gasteiger partial charge in [0, 0.05) is 7.05 Å². The molecule has 0 spiro atoms. The van der Waals surface area contributed by atoms with E-state index in [-0.39, 0.29) is 30.4 Å². The van der Waals surface area contributed by atoms with Gasteiger partial charge < -0.3 is 11.1 Å². The maximum Gasteiger partial charge on any atom is 0.277 e. The highest BCUT2D eigenvalue weighted by Gasteiger charge is 2.28. The summed E-state index contributed by atoms with van der Waals surface area (Å²) in [4.78, 5) is 18.0. The minimum atomic E-state index is -3.15. The second kappa shape index (κ2) is 8.92. The fourth-order valence-electron chi connectivity index (χ4n) is 2.55. The Morgan fingerprint density at radius 1 is 1.41 bits per heavy atom. The number of carbonyl (C=O) groups excluding carboxylic acids is 1. The zero-order valence-corrected chi connectivity index (χ0v) is 17.0. The highest BCUT2D eigenvalue weighted by Crippen LogP contribution is 2.29. The van der Waals surface area contributed by atoms with E-state index in [1.165, 1.54) is 11.3 Å². The van der Waals surface area contributed by atoms with Crippen LogP contribution in [0.3, 0.4) is 0 Å². The standard InChI is InChI=1S/C16H17F2N5OS.2ClH/c1-9-13-10(15(24)20-8-16(17,18)7-19)6-11(12-4-3-5-25-12)21-14(13)23(2)22-9;;/h3-6H,7-8,19H2,1-2H3,(H,20,24);2*1H. The number of hydrogen-bond donors (Lipinski definition) is 2. The topological polar surface area (TPSA) is 85.8 Å². The number of nitrogens with zero attached hydrogens (tertiary/aromatic N) is 3. The van der Waals surface area contributed by atoms with Crippen molar-refractivity contribution in [2.75, 3.05) is 13.1 Å². The summed E-state index contributed by atoms with van der Waals surface area (Å²) in [7, 11) is 1.73. The second-order valence-corrected chi connectivity index (χ2v) is 6.63. The van der Waals surface area contributed by atoms with Crippen molar-refractivity contribution in [3.63, 3.8) is 0 Å². The molecule has 0 bridgehead atoms. The molecule has 0 aliphatic heterocycles. The predicted octanol–water partition coefficient (Wildman–Crippen LogP) is 3.17. The Kier molecular flexibility index (Phi) is 7.67. The number of pyridine rings is 1. The summed E-state index contributed by atoms with van der Waals surface area (Å²) in [6.45, 7) is 0.102. The van der Waals surface area contributed by atoms with Gasteiger partial charge in [-0.15, -0.1) is 36.2 Å². The molecule has 27 heavy (non-hydrogen) atoms. The number of nitrogens with two attached hydrogens (primary N) is 1. The molecule has 0 saturated heterocycles. The molecule has 6 nitrogen and oxygen atoms in total. The molecule has 3 rings (SSSR count). The number of halogens is 4. The van der Waals surface area contributed by atoms with Gasteiger partial charge >= 0.3 is 0 Å². The number of aromatic nitrogens is 3. The number of rotatable bonds is 5. The minimum Gasteiger partial charge on any atom is -0.346 e. The molecule has 11 heteroatoms. The zero-order chi connectivity index (χ0) is 18.2. The van der Waals surface area contributed by atoms with Crippen LogP contribution >= 0.6 is 36.2 Å². The first-order chi connectivity index (χ1) is 11.8. The third-order valence-electron chi connectivity index (χ3n) is 3.79. The van der Waals surface area contributed by atoms with E-state index in [0.717, 1.165) is 4.88 Å². The van der Waals surface area contributed by atoms with Gasteiger partial charge in [0.15, 0.2) is 5.65 Å². The van der Waals surface area contributed by atoms with E-state index in [2.05, 4.69) is 15.4 Å². The van der Waals surface area contributed by atoms with E-state index < -0.39 is 24.9 Å². The van der Waals surface area contributed by atoms with Crippen molar-refractivity contribution >= 4 is 53.1 Å². The number of hydrogen-bond acceptors (Lipinski definition) is 5. The van der Waals surface area contributed by atoms with Crippen LogP contribution in [0, 0.1) is 6.92 Å². The summed E-state index contributed by atoms with van der Waals surface area (Å²) in [5.74, 6) is -3.75. The lowest BCUT2D eigenvalue weighted by Crippen LogP contribution is -2.41. The van der Waals surface area contributed by atoms with Crippen LogP contribution in [0.4, 0.5) is 8.78 Å². The van der Waals surface area contributed by atoms with Crippen molar-refractivity contribution < 1.29 is 13.6 Å². The highest BCUT2D eigenvalue weighted by molar-refractivity contribution is 7.13. The lowest BCUT2D eigenvalue weighted by molar-refractivity contribution is 0.0119. The van der Waals surface area contributed by atoms with Gasteiger partial charge in [-0.05, 0) is 24.4 Å². The fraction of sp³-hybridized carbons (Fsp3) is 0.312. The van der Waals surface area contributed by atoms with Gasteiger partial charge in [0.05, 0.1) is 40.3 Å². The summed E-state index contributed by atoms with van der Waals surface area (Å²) >= 11 is 1.48. The SMILES string of the molecule is Cc1nn(C)c2nc(-c3cccs3)cc(C(=O)NCC(F)(F)CN)c12.Cl.Cl. The van der Waals surface area contributed by atoms with Gasteiger partial charge in [-0.2, -0.15) is 5.10 Å². The van der Waals surface area contributed by atoms with Crippen molar-refractivity contribution in [2.45, 2.75) is 12.8 Å². The van der Waals surface area contributed by atoms with Crippen LogP contribution in [0.2, 0.25) is 0 Å². The van der Waals surface area contributed by atoms with Crippen LogP contribution in [0.5, 0.6) is 0 Å². The lowest BCUT2D eigenvalue weighted by atomic mass is 10.1. The van der Waals surface area contributed by atoms with Crippen LogP contribution in [-0.2, 0) is 7.05 Å². The molecule has 1 amide bonds. The summed E-state index contributed by atoms with van der Waals surface area (Å²) in [5, 5.41) is 9.00. The van der Waals surface area contributed by atoms with Crippen LogP contribution in [0.15, 0.2) is 23.6 Å². The Labute approximate surface area is 171 Å². The highest BCUT2D eigenvalue weighted by atomic mass is 35.5. The van der Waals surface area contributed by atoms with Gasteiger partial charge in [-0.1, -0.05) is 6.07 Å². The molecule has 0 unspecified atom stereocenters. The fourth-order valence-corrected chi connectivity index (χ4v) is 3.24. The van der Waals surface area contributed by atoms with Crippen LogP contribution in [0.1, 0.15) is 16.1 Å². The van der Waals surface area contributed by atoms with Gasteiger partial charge in [-0.25, -0.2) is 13.8 Å². The zero-order valence-electron chi connectivity index (χ0n) is 14.5. The van der Waals surface area contributed by atoms with Gasteiger partial charge in [0.2, 0.25) is 0 Å². The molecule has 0 aromatic carbocycles. The molecule has 0 fully saturated rings. The van der Waals surface area contributed by atoms with Crippen LogP contribution in [-0.4, -0.2) is 39.7 Å². The van der Waals surface area contributed by atoms with Crippen molar-refractivity contribution in [1.82, 2.24) is 20.1 Å². The molecule has 0 radical (unpaired) electrons. The molecule has 0 atom stereocenters. The third-order valence-corrected chi connectivity index (χ3v) is 4.69. The largest absolute Gasteiger partial charge is 0.346 e. The maximum atomic E-state index is 13.4. The van der Waals surface area contributed by atoms with E-state index in [0.29, 0.717) is 22.4 Å².